The third-order valence-electron chi connectivity index (χ3n) is 3.88. The average Bonchev–Trinajstić information content (AvgIpc) is 2.55. The maximum atomic E-state index is 11.7. The van der Waals surface area contributed by atoms with Crippen LogP contribution in [0.1, 0.15) is 38.2 Å². The zero-order valence-electron chi connectivity index (χ0n) is 13.5. The predicted octanol–water partition coefficient (Wildman–Crippen LogP) is 4.09. The number of hydrogen-bond acceptors (Lipinski definition) is 2. The van der Waals surface area contributed by atoms with Crippen molar-refractivity contribution >= 4 is 16.7 Å². The number of unbranched alkanes of at least 4 members (excludes halogenated alkanes) is 1. The molecule has 0 aromatic heterocycles. The summed E-state index contributed by atoms with van der Waals surface area (Å²) in [5.41, 5.74) is 1.28. The first-order valence-corrected chi connectivity index (χ1v) is 8.07. The van der Waals surface area contributed by atoms with Crippen molar-refractivity contribution in [3.8, 4) is 5.75 Å². The van der Waals surface area contributed by atoms with Crippen molar-refractivity contribution in [2.45, 2.75) is 39.0 Å². The molecule has 0 aliphatic heterocycles. The molecular formula is C19H25NO2. The minimum absolute atomic E-state index is 0.159. The average molecular weight is 299 g/mol. The maximum Gasteiger partial charge on any atom is 0.220 e. The van der Waals surface area contributed by atoms with Gasteiger partial charge in [-0.2, -0.15) is 0 Å². The van der Waals surface area contributed by atoms with E-state index in [1.54, 1.807) is 7.11 Å². The highest BCUT2D eigenvalue weighted by Crippen LogP contribution is 2.25. The lowest BCUT2D eigenvalue weighted by atomic mass is 10.00. The first-order chi connectivity index (χ1) is 10.7. The predicted molar refractivity (Wildman–Crippen MR) is 91.4 cm³/mol. The number of rotatable bonds is 8. The standard InChI is InChI=1S/C19H25NO2/c1-3-4-13-20-19(21)10-6-9-15-7-5-8-16-11-12-17(22-2)14-18(15)16/h5,7-8,11-12,14H,3-4,6,9-10,13H2,1-2H3,(H,20,21). The van der Waals surface area contributed by atoms with Crippen LogP contribution in [0.4, 0.5) is 0 Å². The SMILES string of the molecule is CCCCNC(=O)CCCc1cccc2ccc(OC)cc12. The molecule has 1 amide bonds. The zero-order chi connectivity index (χ0) is 15.8. The van der Waals surface area contributed by atoms with Gasteiger partial charge in [-0.15, -0.1) is 0 Å². The van der Waals surface area contributed by atoms with Gasteiger partial charge in [0, 0.05) is 13.0 Å². The number of fused-ring (bicyclic) bond motifs is 1. The maximum absolute atomic E-state index is 11.7. The molecule has 0 aliphatic rings. The van der Waals surface area contributed by atoms with Crippen molar-refractivity contribution in [1.82, 2.24) is 5.32 Å². The van der Waals surface area contributed by atoms with E-state index < -0.39 is 0 Å². The summed E-state index contributed by atoms with van der Waals surface area (Å²) in [6.07, 6.45) is 4.52. The van der Waals surface area contributed by atoms with Crippen LogP contribution in [0, 0.1) is 0 Å². The van der Waals surface area contributed by atoms with Crippen molar-refractivity contribution in [2.24, 2.45) is 0 Å². The van der Waals surface area contributed by atoms with Gasteiger partial charge in [0.1, 0.15) is 5.75 Å². The quantitative estimate of drug-likeness (QED) is 0.746. The van der Waals surface area contributed by atoms with Gasteiger partial charge in [0.2, 0.25) is 5.91 Å². The lowest BCUT2D eigenvalue weighted by Gasteiger charge is -2.09. The minimum atomic E-state index is 0.159. The van der Waals surface area contributed by atoms with E-state index in [4.69, 9.17) is 4.74 Å². The largest absolute Gasteiger partial charge is 0.497 e. The van der Waals surface area contributed by atoms with Crippen molar-refractivity contribution in [3.05, 3.63) is 42.0 Å². The molecule has 2 rings (SSSR count). The summed E-state index contributed by atoms with van der Waals surface area (Å²) in [6.45, 7) is 2.92. The fourth-order valence-electron chi connectivity index (χ4n) is 2.59. The summed E-state index contributed by atoms with van der Waals surface area (Å²) in [5.74, 6) is 1.03. The van der Waals surface area contributed by atoms with Gasteiger partial charge in [0.15, 0.2) is 0 Å². The minimum Gasteiger partial charge on any atom is -0.497 e. The fraction of sp³-hybridized carbons (Fsp3) is 0.421. The molecule has 0 fully saturated rings. The summed E-state index contributed by atoms with van der Waals surface area (Å²) in [6, 6.07) is 12.5. The summed E-state index contributed by atoms with van der Waals surface area (Å²) < 4.78 is 5.31. The molecule has 2 aromatic rings. The van der Waals surface area contributed by atoms with Crippen molar-refractivity contribution in [2.75, 3.05) is 13.7 Å². The monoisotopic (exact) mass is 299 g/mol. The van der Waals surface area contributed by atoms with Crippen LogP contribution in [0.5, 0.6) is 5.75 Å². The molecule has 0 spiro atoms. The third kappa shape index (κ3) is 4.48. The first kappa shape index (κ1) is 16.3. The van der Waals surface area contributed by atoms with E-state index in [0.717, 1.165) is 38.0 Å². The lowest BCUT2D eigenvalue weighted by Crippen LogP contribution is -2.23. The van der Waals surface area contributed by atoms with Crippen LogP contribution in [-0.2, 0) is 11.2 Å². The molecule has 0 saturated carbocycles. The Morgan fingerprint density at radius 3 is 2.82 bits per heavy atom. The summed E-state index contributed by atoms with van der Waals surface area (Å²) in [5, 5.41) is 5.40. The van der Waals surface area contributed by atoms with Crippen LogP contribution >= 0.6 is 0 Å². The van der Waals surface area contributed by atoms with Crippen molar-refractivity contribution in [3.63, 3.8) is 0 Å². The molecule has 22 heavy (non-hydrogen) atoms. The van der Waals surface area contributed by atoms with Gasteiger partial charge in [0.05, 0.1) is 7.11 Å². The zero-order valence-corrected chi connectivity index (χ0v) is 13.5. The molecule has 0 unspecified atom stereocenters. The van der Waals surface area contributed by atoms with Gasteiger partial charge >= 0.3 is 0 Å². The van der Waals surface area contributed by atoms with E-state index >= 15 is 0 Å². The molecule has 0 atom stereocenters. The fourth-order valence-corrected chi connectivity index (χ4v) is 2.59. The molecular weight excluding hydrogens is 274 g/mol. The number of benzene rings is 2. The Morgan fingerprint density at radius 1 is 1.18 bits per heavy atom. The Morgan fingerprint density at radius 2 is 2.05 bits per heavy atom. The highest BCUT2D eigenvalue weighted by Gasteiger charge is 2.05. The second kappa shape index (κ2) is 8.42. The van der Waals surface area contributed by atoms with Gasteiger partial charge < -0.3 is 10.1 Å². The molecule has 0 heterocycles. The Labute approximate surface area is 132 Å². The van der Waals surface area contributed by atoms with E-state index in [0.29, 0.717) is 6.42 Å². The van der Waals surface area contributed by atoms with Gasteiger partial charge in [-0.05, 0) is 47.7 Å². The first-order valence-electron chi connectivity index (χ1n) is 8.07. The molecule has 2 aromatic carbocycles. The van der Waals surface area contributed by atoms with Gasteiger partial charge in [0.25, 0.3) is 0 Å². The van der Waals surface area contributed by atoms with E-state index in [1.165, 1.54) is 16.3 Å². The number of aryl methyl sites for hydroxylation is 1. The highest BCUT2D eigenvalue weighted by molar-refractivity contribution is 5.87. The number of amides is 1. The number of ether oxygens (including phenoxy) is 1. The number of carbonyl (C=O) groups excluding carboxylic acids is 1. The summed E-state index contributed by atoms with van der Waals surface area (Å²) in [4.78, 5) is 11.7. The molecule has 0 aliphatic carbocycles. The third-order valence-corrected chi connectivity index (χ3v) is 3.88. The molecule has 0 saturated heterocycles. The van der Waals surface area contributed by atoms with Gasteiger partial charge in [-0.1, -0.05) is 37.6 Å². The molecule has 3 nitrogen and oxygen atoms in total. The van der Waals surface area contributed by atoms with E-state index in [1.807, 2.05) is 6.07 Å². The van der Waals surface area contributed by atoms with E-state index in [-0.39, 0.29) is 5.91 Å². The van der Waals surface area contributed by atoms with Crippen LogP contribution < -0.4 is 10.1 Å². The smallest absolute Gasteiger partial charge is 0.220 e. The lowest BCUT2D eigenvalue weighted by molar-refractivity contribution is -0.121. The second-order valence-corrected chi connectivity index (χ2v) is 5.56. The van der Waals surface area contributed by atoms with Crippen molar-refractivity contribution in [1.29, 1.82) is 0 Å². The summed E-state index contributed by atoms with van der Waals surface area (Å²) >= 11 is 0. The Bertz CT molecular complexity index is 622. The van der Waals surface area contributed by atoms with Crippen LogP contribution in [0.3, 0.4) is 0 Å². The molecule has 0 bridgehead atoms. The Hall–Kier alpha value is -2.03. The highest BCUT2D eigenvalue weighted by atomic mass is 16.5. The van der Waals surface area contributed by atoms with Crippen LogP contribution in [0.25, 0.3) is 10.8 Å². The normalized spacial score (nSPS) is 10.6. The number of methoxy groups -OCH3 is 1. The van der Waals surface area contributed by atoms with E-state index in [9.17, 15) is 4.79 Å². The molecule has 0 radical (unpaired) electrons. The Kier molecular flexibility index (Phi) is 6.26. The number of carbonyl (C=O) groups is 1. The van der Waals surface area contributed by atoms with Gasteiger partial charge in [-0.25, -0.2) is 0 Å². The van der Waals surface area contributed by atoms with Gasteiger partial charge in [-0.3, -0.25) is 4.79 Å². The van der Waals surface area contributed by atoms with Crippen molar-refractivity contribution < 1.29 is 9.53 Å². The van der Waals surface area contributed by atoms with Crippen LogP contribution in [-0.4, -0.2) is 19.6 Å². The number of nitrogens with one attached hydrogen (secondary N) is 1. The summed E-state index contributed by atoms with van der Waals surface area (Å²) in [7, 11) is 1.68. The van der Waals surface area contributed by atoms with Crippen LogP contribution in [0.15, 0.2) is 36.4 Å². The topological polar surface area (TPSA) is 38.3 Å². The number of hydrogen-bond donors (Lipinski definition) is 1. The van der Waals surface area contributed by atoms with Crippen LogP contribution in [0.2, 0.25) is 0 Å². The molecule has 118 valence electrons. The molecule has 1 N–H and O–H groups in total. The van der Waals surface area contributed by atoms with E-state index in [2.05, 4.69) is 42.6 Å². The Balaban J connectivity index is 1.95. The second-order valence-electron chi connectivity index (χ2n) is 5.56. The molecule has 3 heteroatoms.